The molecule has 2 aromatic carbocycles. The zero-order valence-electron chi connectivity index (χ0n) is 9.95. The van der Waals surface area contributed by atoms with E-state index in [9.17, 15) is 22.4 Å². The second-order valence-corrected chi connectivity index (χ2v) is 3.94. The summed E-state index contributed by atoms with van der Waals surface area (Å²) in [5, 5.41) is 0. The molecule has 0 unspecified atom stereocenters. The van der Waals surface area contributed by atoms with Crippen LogP contribution in [0.2, 0.25) is 0 Å². The van der Waals surface area contributed by atoms with Crippen molar-refractivity contribution in [2.45, 2.75) is 6.36 Å². The number of hydrogen-bond donors (Lipinski definition) is 0. The van der Waals surface area contributed by atoms with Crippen LogP contribution < -0.4 is 4.74 Å². The van der Waals surface area contributed by atoms with E-state index in [1.54, 1.807) is 0 Å². The molecule has 104 valence electrons. The maximum absolute atomic E-state index is 13.3. The SMILES string of the molecule is O=Cc1cc(F)cc(-c2ccccc2OC(F)(F)F)c1. The van der Waals surface area contributed by atoms with Crippen LogP contribution in [0.5, 0.6) is 5.75 Å². The summed E-state index contributed by atoms with van der Waals surface area (Å²) in [6, 6.07) is 8.64. The number of ether oxygens (including phenoxy) is 1. The third kappa shape index (κ3) is 3.34. The van der Waals surface area contributed by atoms with E-state index in [0.29, 0.717) is 6.29 Å². The minimum absolute atomic E-state index is 0.0295. The predicted octanol–water partition coefficient (Wildman–Crippen LogP) is 4.20. The van der Waals surface area contributed by atoms with Crippen LogP contribution in [0.25, 0.3) is 11.1 Å². The van der Waals surface area contributed by atoms with Gasteiger partial charge >= 0.3 is 6.36 Å². The molecule has 2 rings (SSSR count). The topological polar surface area (TPSA) is 26.3 Å². The summed E-state index contributed by atoms with van der Waals surface area (Å²) in [7, 11) is 0. The number of halogens is 4. The molecule has 2 nitrogen and oxygen atoms in total. The van der Waals surface area contributed by atoms with Gasteiger partial charge in [0.15, 0.2) is 0 Å². The van der Waals surface area contributed by atoms with Crippen molar-refractivity contribution in [1.29, 1.82) is 0 Å². The highest BCUT2D eigenvalue weighted by molar-refractivity contribution is 5.80. The van der Waals surface area contributed by atoms with Gasteiger partial charge in [-0.1, -0.05) is 18.2 Å². The summed E-state index contributed by atoms with van der Waals surface area (Å²) >= 11 is 0. The first kappa shape index (κ1) is 14.0. The largest absolute Gasteiger partial charge is 0.573 e. The van der Waals surface area contributed by atoms with E-state index in [0.717, 1.165) is 18.2 Å². The van der Waals surface area contributed by atoms with E-state index in [2.05, 4.69) is 4.74 Å². The molecule has 0 radical (unpaired) electrons. The van der Waals surface area contributed by atoms with E-state index < -0.39 is 17.9 Å². The van der Waals surface area contributed by atoms with Crippen LogP contribution >= 0.6 is 0 Å². The van der Waals surface area contributed by atoms with Gasteiger partial charge in [-0.05, 0) is 29.8 Å². The van der Waals surface area contributed by atoms with Crippen molar-refractivity contribution in [3.63, 3.8) is 0 Å². The fraction of sp³-hybridized carbons (Fsp3) is 0.0714. The summed E-state index contributed by atoms with van der Waals surface area (Å²) in [6.45, 7) is 0. The van der Waals surface area contributed by atoms with E-state index in [1.165, 1.54) is 24.3 Å². The number of aldehydes is 1. The van der Waals surface area contributed by atoms with Gasteiger partial charge in [0, 0.05) is 11.1 Å². The first-order valence-corrected chi connectivity index (χ1v) is 5.50. The Morgan fingerprint density at radius 3 is 2.40 bits per heavy atom. The number of para-hydroxylation sites is 1. The number of alkyl halides is 3. The standard InChI is InChI=1S/C14H8F4O2/c15-11-6-9(8-19)5-10(7-11)12-3-1-2-4-13(12)20-14(16,17)18/h1-8H. The van der Waals surface area contributed by atoms with Crippen molar-refractivity contribution < 1.29 is 27.1 Å². The van der Waals surface area contributed by atoms with Gasteiger partial charge in [0.1, 0.15) is 17.9 Å². The second kappa shape index (κ2) is 5.32. The third-order valence-corrected chi connectivity index (χ3v) is 2.48. The molecule has 0 saturated heterocycles. The average Bonchev–Trinajstić information content (AvgIpc) is 2.36. The molecule has 0 aliphatic carbocycles. The summed E-state index contributed by atoms with van der Waals surface area (Å²) in [5.74, 6) is -1.17. The molecule has 0 fully saturated rings. The minimum Gasteiger partial charge on any atom is -0.405 e. The van der Waals surface area contributed by atoms with Gasteiger partial charge < -0.3 is 4.74 Å². The van der Waals surface area contributed by atoms with Crippen LogP contribution in [0, 0.1) is 5.82 Å². The summed E-state index contributed by atoms with van der Waals surface area (Å²) in [6.07, 6.45) is -4.43. The Bertz CT molecular complexity index is 635. The molecular weight excluding hydrogens is 276 g/mol. The molecule has 0 heterocycles. The Kier molecular flexibility index (Phi) is 3.74. The molecular formula is C14H8F4O2. The van der Waals surface area contributed by atoms with Crippen LogP contribution in [-0.4, -0.2) is 12.6 Å². The first-order chi connectivity index (χ1) is 9.39. The van der Waals surface area contributed by atoms with Gasteiger partial charge in [-0.3, -0.25) is 4.79 Å². The molecule has 0 N–H and O–H groups in total. The average molecular weight is 284 g/mol. The smallest absolute Gasteiger partial charge is 0.405 e. The highest BCUT2D eigenvalue weighted by atomic mass is 19.4. The lowest BCUT2D eigenvalue weighted by atomic mass is 10.0. The highest BCUT2D eigenvalue weighted by Crippen LogP contribution is 2.34. The van der Waals surface area contributed by atoms with Gasteiger partial charge in [0.25, 0.3) is 0 Å². The lowest BCUT2D eigenvalue weighted by molar-refractivity contribution is -0.274. The maximum atomic E-state index is 13.3. The molecule has 0 spiro atoms. The van der Waals surface area contributed by atoms with E-state index in [4.69, 9.17) is 0 Å². The van der Waals surface area contributed by atoms with Crippen molar-refractivity contribution >= 4 is 6.29 Å². The lowest BCUT2D eigenvalue weighted by Gasteiger charge is -2.13. The van der Waals surface area contributed by atoms with Crippen molar-refractivity contribution in [2.24, 2.45) is 0 Å². The fourth-order valence-electron chi connectivity index (χ4n) is 1.75. The Morgan fingerprint density at radius 1 is 1.05 bits per heavy atom. The van der Waals surface area contributed by atoms with Crippen LogP contribution in [0.1, 0.15) is 10.4 Å². The van der Waals surface area contributed by atoms with E-state index in [1.807, 2.05) is 0 Å². The Morgan fingerprint density at radius 2 is 1.75 bits per heavy atom. The molecule has 0 bridgehead atoms. The fourth-order valence-corrected chi connectivity index (χ4v) is 1.75. The number of carbonyl (C=O) groups excluding carboxylic acids is 1. The monoisotopic (exact) mass is 284 g/mol. The third-order valence-electron chi connectivity index (χ3n) is 2.48. The highest BCUT2D eigenvalue weighted by Gasteiger charge is 2.32. The Labute approximate surface area is 111 Å². The quantitative estimate of drug-likeness (QED) is 0.623. The zero-order valence-corrected chi connectivity index (χ0v) is 9.95. The first-order valence-electron chi connectivity index (χ1n) is 5.50. The van der Waals surface area contributed by atoms with Crippen LogP contribution in [0.4, 0.5) is 17.6 Å². The summed E-state index contributed by atoms with van der Waals surface area (Å²) < 4.78 is 54.2. The molecule has 0 saturated carbocycles. The van der Waals surface area contributed by atoms with E-state index >= 15 is 0 Å². The number of carbonyl (C=O) groups is 1. The predicted molar refractivity (Wildman–Crippen MR) is 63.9 cm³/mol. The molecule has 6 heteroatoms. The maximum Gasteiger partial charge on any atom is 0.573 e. The van der Waals surface area contributed by atoms with Gasteiger partial charge in [-0.2, -0.15) is 0 Å². The van der Waals surface area contributed by atoms with Crippen molar-refractivity contribution in [2.75, 3.05) is 0 Å². The molecule has 0 aliphatic rings. The number of rotatable bonds is 3. The number of benzene rings is 2. The normalized spacial score (nSPS) is 11.2. The van der Waals surface area contributed by atoms with Gasteiger partial charge in [-0.15, -0.1) is 13.2 Å². The van der Waals surface area contributed by atoms with Crippen LogP contribution in [-0.2, 0) is 0 Å². The molecule has 2 aromatic rings. The summed E-state index contributed by atoms with van der Waals surface area (Å²) in [5.41, 5.74) is 0.209. The number of hydrogen-bond acceptors (Lipinski definition) is 2. The van der Waals surface area contributed by atoms with Gasteiger partial charge in [0.05, 0.1) is 0 Å². The molecule has 0 atom stereocenters. The molecule has 20 heavy (non-hydrogen) atoms. The van der Waals surface area contributed by atoms with Crippen molar-refractivity contribution in [3.8, 4) is 16.9 Å². The summed E-state index contributed by atoms with van der Waals surface area (Å²) in [4.78, 5) is 10.7. The van der Waals surface area contributed by atoms with Gasteiger partial charge in [-0.25, -0.2) is 4.39 Å². The molecule has 0 amide bonds. The van der Waals surface area contributed by atoms with Crippen molar-refractivity contribution in [1.82, 2.24) is 0 Å². The minimum atomic E-state index is -4.85. The zero-order chi connectivity index (χ0) is 14.8. The van der Waals surface area contributed by atoms with Gasteiger partial charge in [0.2, 0.25) is 0 Å². The Balaban J connectivity index is 2.52. The van der Waals surface area contributed by atoms with Crippen LogP contribution in [0.3, 0.4) is 0 Å². The molecule has 0 aromatic heterocycles. The van der Waals surface area contributed by atoms with Crippen molar-refractivity contribution in [3.05, 3.63) is 53.8 Å². The Hall–Kier alpha value is -2.37. The molecule has 0 aliphatic heterocycles. The van der Waals surface area contributed by atoms with E-state index in [-0.39, 0.29) is 16.7 Å². The lowest BCUT2D eigenvalue weighted by Crippen LogP contribution is -2.17. The van der Waals surface area contributed by atoms with Crippen LogP contribution in [0.15, 0.2) is 42.5 Å². The second-order valence-electron chi connectivity index (χ2n) is 3.94.